The van der Waals surface area contributed by atoms with Gasteiger partial charge in [0.05, 0.1) is 5.69 Å². The molecule has 4 heterocycles. The molecule has 186 valence electrons. The maximum Gasteiger partial charge on any atom is 0.231 e. The molecule has 9 heteroatoms. The van der Waals surface area contributed by atoms with Crippen LogP contribution in [0.25, 0.3) is 22.0 Å². The lowest BCUT2D eigenvalue weighted by atomic mass is 9.93. The Hall–Kier alpha value is -3.17. The molecule has 1 saturated heterocycles. The van der Waals surface area contributed by atoms with Crippen LogP contribution in [0, 0.1) is 13.8 Å². The lowest BCUT2D eigenvalue weighted by Crippen LogP contribution is -2.51. The summed E-state index contributed by atoms with van der Waals surface area (Å²) in [5.74, 6) is 1.70. The third-order valence-corrected chi connectivity index (χ3v) is 8.86. The van der Waals surface area contributed by atoms with Crippen LogP contribution in [-0.2, 0) is 19.4 Å². The van der Waals surface area contributed by atoms with Crippen molar-refractivity contribution in [3.05, 3.63) is 51.8 Å². The van der Waals surface area contributed by atoms with Gasteiger partial charge in [0, 0.05) is 43.2 Å². The number of thiazole rings is 1. The van der Waals surface area contributed by atoms with E-state index >= 15 is 0 Å². The molecule has 0 atom stereocenters. The zero-order chi connectivity index (χ0) is 24.2. The lowest BCUT2D eigenvalue weighted by Gasteiger charge is -2.37. The first-order valence-corrected chi connectivity index (χ1v) is 13.7. The van der Waals surface area contributed by atoms with E-state index in [9.17, 15) is 0 Å². The Morgan fingerprint density at radius 3 is 2.58 bits per heavy atom. The van der Waals surface area contributed by atoms with E-state index < -0.39 is 0 Å². The van der Waals surface area contributed by atoms with E-state index in [0.717, 1.165) is 73.5 Å². The Kier molecular flexibility index (Phi) is 5.36. The average molecular weight is 503 g/mol. The van der Waals surface area contributed by atoms with E-state index in [4.69, 9.17) is 24.5 Å². The standard InChI is InChI=1S/C27H30N6O2S/c1-17-18(2)36-27(30-17)24-20-5-3-4-6-21(20)26-25(24)28-15-29-33(26)32-11-9-31(10-12-32)14-19-7-8-22-23(13-19)35-16-34-22/h7-8,13,15H,3-6,9-12,14,16H2,1-2H3. The summed E-state index contributed by atoms with van der Waals surface area (Å²) in [4.78, 5) is 15.7. The highest BCUT2D eigenvalue weighted by molar-refractivity contribution is 7.15. The Morgan fingerprint density at radius 1 is 0.972 bits per heavy atom. The molecule has 1 aromatic carbocycles. The molecule has 2 aliphatic carbocycles. The van der Waals surface area contributed by atoms with Gasteiger partial charge in [0.2, 0.25) is 6.79 Å². The number of benzene rings is 1. The number of hydrogen-bond donors (Lipinski definition) is 0. The van der Waals surface area contributed by atoms with Gasteiger partial charge in [-0.3, -0.25) is 9.91 Å². The molecule has 0 unspecified atom stereocenters. The highest BCUT2D eigenvalue weighted by Crippen LogP contribution is 2.46. The molecule has 0 spiro atoms. The second-order valence-corrected chi connectivity index (χ2v) is 11.2. The van der Waals surface area contributed by atoms with Crippen LogP contribution < -0.4 is 14.5 Å². The molecule has 0 saturated carbocycles. The summed E-state index contributed by atoms with van der Waals surface area (Å²) in [5, 5.41) is 8.28. The molecule has 5 aliphatic rings. The second-order valence-electron chi connectivity index (χ2n) is 9.96. The van der Waals surface area contributed by atoms with Crippen LogP contribution in [0.5, 0.6) is 11.5 Å². The van der Waals surface area contributed by atoms with E-state index in [0.29, 0.717) is 6.79 Å². The smallest absolute Gasteiger partial charge is 0.231 e. The van der Waals surface area contributed by atoms with Gasteiger partial charge in [0.1, 0.15) is 22.7 Å². The third kappa shape index (κ3) is 3.64. The second kappa shape index (κ2) is 8.74. The molecule has 0 amide bonds. The van der Waals surface area contributed by atoms with Crippen molar-refractivity contribution >= 4 is 11.3 Å². The first-order valence-electron chi connectivity index (χ1n) is 12.8. The number of ether oxygens (including phenoxy) is 2. The Labute approximate surface area is 214 Å². The van der Waals surface area contributed by atoms with Crippen LogP contribution in [0.15, 0.2) is 24.5 Å². The van der Waals surface area contributed by atoms with E-state index in [1.54, 1.807) is 17.7 Å². The molecule has 1 aromatic heterocycles. The fraction of sp³-hybridized carbons (Fsp3) is 0.444. The first kappa shape index (κ1) is 22.1. The fourth-order valence-electron chi connectivity index (χ4n) is 5.78. The fourth-order valence-corrected chi connectivity index (χ4v) is 6.77. The monoisotopic (exact) mass is 502 g/mol. The SMILES string of the molecule is Cc1nc(-c2c3ncnn(N4CCN(Cc5ccc6c(c5)OCO6)CC4)c-3c3c2CCCC3)sc1C. The number of hydrogen-bond acceptors (Lipinski definition) is 8. The summed E-state index contributed by atoms with van der Waals surface area (Å²) in [6.45, 7) is 9.29. The van der Waals surface area contributed by atoms with Crippen LogP contribution in [0.2, 0.25) is 0 Å². The van der Waals surface area contributed by atoms with Crippen molar-refractivity contribution in [1.29, 1.82) is 0 Å². The lowest BCUT2D eigenvalue weighted by molar-refractivity contribution is 0.174. The van der Waals surface area contributed by atoms with Crippen molar-refractivity contribution in [3.8, 4) is 33.5 Å². The van der Waals surface area contributed by atoms with Gasteiger partial charge >= 0.3 is 0 Å². The number of rotatable bonds is 4. The molecule has 0 radical (unpaired) electrons. The van der Waals surface area contributed by atoms with Crippen LogP contribution >= 0.6 is 11.3 Å². The Bertz CT molecular complexity index is 1380. The number of fused-ring (bicyclic) bond motifs is 4. The molecule has 7 rings (SSSR count). The van der Waals surface area contributed by atoms with Crippen LogP contribution in [0.4, 0.5) is 0 Å². The molecule has 3 aliphatic heterocycles. The van der Waals surface area contributed by atoms with Crippen molar-refractivity contribution in [2.45, 2.75) is 46.1 Å². The van der Waals surface area contributed by atoms with Crippen molar-refractivity contribution < 1.29 is 9.47 Å². The van der Waals surface area contributed by atoms with Crippen molar-refractivity contribution in [2.24, 2.45) is 0 Å². The largest absolute Gasteiger partial charge is 0.454 e. The van der Waals surface area contributed by atoms with Crippen LogP contribution in [-0.4, -0.2) is 57.7 Å². The summed E-state index contributed by atoms with van der Waals surface area (Å²) in [7, 11) is 0. The van der Waals surface area contributed by atoms with Crippen molar-refractivity contribution in [2.75, 3.05) is 38.0 Å². The summed E-state index contributed by atoms with van der Waals surface area (Å²) in [6.07, 6.45) is 6.36. The maximum atomic E-state index is 5.56. The molecule has 36 heavy (non-hydrogen) atoms. The number of aryl methyl sites for hydroxylation is 2. The van der Waals surface area contributed by atoms with Gasteiger partial charge in [0.15, 0.2) is 11.5 Å². The van der Waals surface area contributed by atoms with Gasteiger partial charge < -0.3 is 9.47 Å². The van der Waals surface area contributed by atoms with E-state index in [1.807, 2.05) is 6.07 Å². The Balaban J connectivity index is 1.16. The van der Waals surface area contributed by atoms with Gasteiger partial charge in [-0.15, -0.1) is 16.4 Å². The van der Waals surface area contributed by atoms with Gasteiger partial charge in [-0.1, -0.05) is 6.07 Å². The molecule has 0 bridgehead atoms. The molecular formula is C27H30N6O2S. The van der Waals surface area contributed by atoms with Crippen LogP contribution in [0.1, 0.15) is 40.1 Å². The minimum absolute atomic E-state index is 0.316. The first-order chi connectivity index (χ1) is 17.7. The zero-order valence-electron chi connectivity index (χ0n) is 20.8. The molecule has 8 nitrogen and oxygen atoms in total. The zero-order valence-corrected chi connectivity index (χ0v) is 21.6. The normalized spacial score (nSPS) is 17.7. The minimum atomic E-state index is 0.316. The van der Waals surface area contributed by atoms with Gasteiger partial charge in [-0.2, -0.15) is 4.79 Å². The summed E-state index contributed by atoms with van der Waals surface area (Å²) < 4.78 is 11.0. The number of piperazine rings is 1. The van der Waals surface area contributed by atoms with Gasteiger partial charge in [-0.25, -0.2) is 9.97 Å². The highest BCUT2D eigenvalue weighted by Gasteiger charge is 2.33. The van der Waals surface area contributed by atoms with Gasteiger partial charge in [-0.05, 0) is 68.4 Å². The topological polar surface area (TPSA) is 68.5 Å². The molecule has 1 fully saturated rings. The van der Waals surface area contributed by atoms with Crippen molar-refractivity contribution in [3.63, 3.8) is 0 Å². The quantitative estimate of drug-likeness (QED) is 0.415. The highest BCUT2D eigenvalue weighted by atomic mass is 32.1. The molecule has 2 aromatic rings. The number of nitrogens with zero attached hydrogens (tertiary/aromatic N) is 6. The van der Waals surface area contributed by atoms with E-state index in [2.05, 4.69) is 40.7 Å². The summed E-state index contributed by atoms with van der Waals surface area (Å²) in [5.41, 5.74) is 8.76. The minimum Gasteiger partial charge on any atom is -0.454 e. The average Bonchev–Trinajstić information content (AvgIpc) is 3.59. The molecule has 0 N–H and O–H groups in total. The van der Waals surface area contributed by atoms with E-state index in [1.165, 1.54) is 45.7 Å². The Morgan fingerprint density at radius 2 is 1.78 bits per heavy atom. The van der Waals surface area contributed by atoms with Gasteiger partial charge in [0.25, 0.3) is 0 Å². The van der Waals surface area contributed by atoms with E-state index in [-0.39, 0.29) is 0 Å². The maximum absolute atomic E-state index is 5.56. The van der Waals surface area contributed by atoms with Crippen LogP contribution in [0.3, 0.4) is 0 Å². The number of aromatic nitrogens is 4. The summed E-state index contributed by atoms with van der Waals surface area (Å²) in [6, 6.07) is 6.27. The van der Waals surface area contributed by atoms with Crippen molar-refractivity contribution in [1.82, 2.24) is 24.8 Å². The summed E-state index contributed by atoms with van der Waals surface area (Å²) >= 11 is 1.79. The predicted molar refractivity (Wildman–Crippen MR) is 140 cm³/mol. The molecular weight excluding hydrogens is 472 g/mol. The predicted octanol–water partition coefficient (Wildman–Crippen LogP) is 4.18. The third-order valence-electron chi connectivity index (χ3n) is 7.77.